The van der Waals surface area contributed by atoms with Gasteiger partial charge in [-0.25, -0.2) is 4.39 Å². The molecule has 0 aliphatic heterocycles. The molecule has 0 aliphatic rings. The van der Waals surface area contributed by atoms with Crippen LogP contribution >= 0.6 is 0 Å². The Morgan fingerprint density at radius 1 is 1.05 bits per heavy atom. The first-order valence-electron chi connectivity index (χ1n) is 7.96. The van der Waals surface area contributed by atoms with Gasteiger partial charge in [0.25, 0.3) is 0 Å². The minimum absolute atomic E-state index is 0.160. The van der Waals surface area contributed by atoms with E-state index >= 15 is 0 Å². The largest absolute Gasteiger partial charge is 0.340 e. The summed E-state index contributed by atoms with van der Waals surface area (Å²) in [5.74, 6) is 0.299. The van der Waals surface area contributed by atoms with Crippen LogP contribution in [0.5, 0.6) is 0 Å². The predicted octanol–water partition coefficient (Wildman–Crippen LogP) is 5.90. The molecule has 2 heteroatoms. The molecular weight excluding hydrogens is 273 g/mol. The molecular formula is C20H22FN. The summed E-state index contributed by atoms with van der Waals surface area (Å²) in [4.78, 5) is 0. The number of benzene rings is 2. The fourth-order valence-electron chi connectivity index (χ4n) is 3.26. The third kappa shape index (κ3) is 2.54. The van der Waals surface area contributed by atoms with E-state index in [-0.39, 0.29) is 11.9 Å². The van der Waals surface area contributed by atoms with Crippen LogP contribution in [0.4, 0.5) is 4.39 Å². The molecule has 114 valence electrons. The molecule has 0 saturated heterocycles. The molecule has 2 aromatic carbocycles. The van der Waals surface area contributed by atoms with Crippen LogP contribution in [-0.4, -0.2) is 4.57 Å². The lowest BCUT2D eigenvalue weighted by Gasteiger charge is -2.19. The van der Waals surface area contributed by atoms with Gasteiger partial charge in [-0.05, 0) is 41.7 Å². The smallest absolute Gasteiger partial charge is 0.123 e. The molecule has 0 spiro atoms. The van der Waals surface area contributed by atoms with E-state index in [1.165, 1.54) is 22.5 Å². The van der Waals surface area contributed by atoms with Crippen molar-refractivity contribution in [2.24, 2.45) is 0 Å². The van der Waals surface area contributed by atoms with Crippen LogP contribution < -0.4 is 0 Å². The van der Waals surface area contributed by atoms with Crippen molar-refractivity contribution in [2.75, 3.05) is 0 Å². The van der Waals surface area contributed by atoms with E-state index in [0.29, 0.717) is 5.92 Å². The molecule has 0 bridgehead atoms. The monoisotopic (exact) mass is 295 g/mol. The summed E-state index contributed by atoms with van der Waals surface area (Å²) in [5.41, 5.74) is 3.60. The van der Waals surface area contributed by atoms with Gasteiger partial charge in [0.1, 0.15) is 5.82 Å². The van der Waals surface area contributed by atoms with Gasteiger partial charge >= 0.3 is 0 Å². The van der Waals surface area contributed by atoms with Crippen LogP contribution in [0.2, 0.25) is 0 Å². The van der Waals surface area contributed by atoms with E-state index < -0.39 is 0 Å². The summed E-state index contributed by atoms with van der Waals surface area (Å²) in [6, 6.07) is 15.6. The average molecular weight is 295 g/mol. The van der Waals surface area contributed by atoms with Crippen molar-refractivity contribution in [2.45, 2.75) is 39.2 Å². The molecule has 0 N–H and O–H groups in total. The second kappa shape index (κ2) is 5.96. The molecule has 0 aliphatic carbocycles. The highest BCUT2D eigenvalue weighted by atomic mass is 19.1. The zero-order valence-corrected chi connectivity index (χ0v) is 13.4. The van der Waals surface area contributed by atoms with Crippen LogP contribution in [0.3, 0.4) is 0 Å². The fraction of sp³-hybridized carbons (Fsp3) is 0.300. The van der Waals surface area contributed by atoms with Crippen molar-refractivity contribution in [1.82, 2.24) is 4.57 Å². The first kappa shape index (κ1) is 14.8. The SMILES string of the molecule is CCC(c1cccc(F)c1)n1cc(C(C)C)c2ccccc21. The number of aromatic nitrogens is 1. The van der Waals surface area contributed by atoms with Crippen LogP contribution in [0, 0.1) is 5.82 Å². The summed E-state index contributed by atoms with van der Waals surface area (Å²) in [7, 11) is 0. The van der Waals surface area contributed by atoms with Crippen molar-refractivity contribution in [3.8, 4) is 0 Å². The Morgan fingerprint density at radius 2 is 1.82 bits per heavy atom. The summed E-state index contributed by atoms with van der Waals surface area (Å²) >= 11 is 0. The van der Waals surface area contributed by atoms with Crippen LogP contribution in [-0.2, 0) is 0 Å². The van der Waals surface area contributed by atoms with Crippen LogP contribution in [0.25, 0.3) is 10.9 Å². The molecule has 0 saturated carbocycles. The number of nitrogens with zero attached hydrogens (tertiary/aromatic N) is 1. The van der Waals surface area contributed by atoms with E-state index in [9.17, 15) is 4.39 Å². The summed E-state index contributed by atoms with van der Waals surface area (Å²) < 4.78 is 15.9. The third-order valence-corrected chi connectivity index (χ3v) is 4.35. The first-order chi connectivity index (χ1) is 10.6. The molecule has 1 heterocycles. The van der Waals surface area contributed by atoms with E-state index in [1.54, 1.807) is 12.1 Å². The fourth-order valence-corrected chi connectivity index (χ4v) is 3.26. The highest BCUT2D eigenvalue weighted by molar-refractivity contribution is 5.84. The summed E-state index contributed by atoms with van der Waals surface area (Å²) in [6.07, 6.45) is 3.17. The van der Waals surface area contributed by atoms with E-state index in [4.69, 9.17) is 0 Å². The van der Waals surface area contributed by atoms with Gasteiger partial charge in [0, 0.05) is 17.1 Å². The quantitative estimate of drug-likeness (QED) is 0.564. The zero-order chi connectivity index (χ0) is 15.7. The lowest BCUT2D eigenvalue weighted by molar-refractivity contribution is 0.570. The Bertz CT molecular complexity index is 785. The summed E-state index contributed by atoms with van der Waals surface area (Å²) in [5, 5.41) is 1.30. The normalized spacial score (nSPS) is 13.0. The van der Waals surface area contributed by atoms with Gasteiger partial charge in [0.15, 0.2) is 0 Å². The molecule has 0 radical (unpaired) electrons. The van der Waals surface area contributed by atoms with Gasteiger partial charge < -0.3 is 4.57 Å². The highest BCUT2D eigenvalue weighted by Crippen LogP contribution is 2.33. The zero-order valence-electron chi connectivity index (χ0n) is 13.4. The maximum Gasteiger partial charge on any atom is 0.123 e. The van der Waals surface area contributed by atoms with Crippen molar-refractivity contribution < 1.29 is 4.39 Å². The number of halogens is 1. The number of hydrogen-bond donors (Lipinski definition) is 0. The Balaban J connectivity index is 2.19. The Labute approximate surface area is 131 Å². The van der Waals surface area contributed by atoms with E-state index in [2.05, 4.69) is 55.8 Å². The molecule has 3 aromatic rings. The number of hydrogen-bond acceptors (Lipinski definition) is 0. The van der Waals surface area contributed by atoms with Gasteiger partial charge in [-0.15, -0.1) is 0 Å². The minimum Gasteiger partial charge on any atom is -0.340 e. The summed E-state index contributed by atoms with van der Waals surface area (Å²) in [6.45, 7) is 6.59. The maximum atomic E-state index is 13.6. The molecule has 1 nitrogen and oxygen atoms in total. The van der Waals surface area contributed by atoms with Crippen molar-refractivity contribution >= 4 is 10.9 Å². The topological polar surface area (TPSA) is 4.93 Å². The second-order valence-corrected chi connectivity index (χ2v) is 6.14. The van der Waals surface area contributed by atoms with Crippen LogP contribution in [0.1, 0.15) is 50.3 Å². The molecule has 3 rings (SSSR count). The molecule has 1 unspecified atom stereocenters. The molecule has 0 fully saturated rings. The van der Waals surface area contributed by atoms with E-state index in [1.807, 2.05) is 6.07 Å². The Hall–Kier alpha value is -2.09. The Morgan fingerprint density at radius 3 is 2.50 bits per heavy atom. The molecule has 1 atom stereocenters. The lowest BCUT2D eigenvalue weighted by Crippen LogP contribution is -2.08. The third-order valence-electron chi connectivity index (χ3n) is 4.35. The first-order valence-corrected chi connectivity index (χ1v) is 7.96. The Kier molecular flexibility index (Phi) is 4.02. The molecule has 22 heavy (non-hydrogen) atoms. The number of rotatable bonds is 4. The van der Waals surface area contributed by atoms with Gasteiger partial charge in [-0.1, -0.05) is 51.1 Å². The standard InChI is InChI=1S/C20H22FN/c1-4-19(15-8-7-9-16(21)12-15)22-13-18(14(2)3)17-10-5-6-11-20(17)22/h5-14,19H,4H2,1-3H3. The molecule has 1 aromatic heterocycles. The van der Waals surface area contributed by atoms with Crippen molar-refractivity contribution in [1.29, 1.82) is 0 Å². The number of fused-ring (bicyclic) bond motifs is 1. The second-order valence-electron chi connectivity index (χ2n) is 6.14. The van der Waals surface area contributed by atoms with Gasteiger partial charge in [0.2, 0.25) is 0 Å². The lowest BCUT2D eigenvalue weighted by atomic mass is 10.0. The predicted molar refractivity (Wildman–Crippen MR) is 90.9 cm³/mol. The van der Waals surface area contributed by atoms with Gasteiger partial charge in [0.05, 0.1) is 6.04 Å². The highest BCUT2D eigenvalue weighted by Gasteiger charge is 2.18. The maximum absolute atomic E-state index is 13.6. The van der Waals surface area contributed by atoms with Crippen LogP contribution in [0.15, 0.2) is 54.7 Å². The van der Waals surface area contributed by atoms with Crippen molar-refractivity contribution in [3.05, 3.63) is 71.7 Å². The van der Waals surface area contributed by atoms with Crippen molar-refractivity contribution in [3.63, 3.8) is 0 Å². The average Bonchev–Trinajstić information content (AvgIpc) is 2.88. The number of para-hydroxylation sites is 1. The molecule has 0 amide bonds. The van der Waals surface area contributed by atoms with E-state index in [0.717, 1.165) is 12.0 Å². The minimum atomic E-state index is -0.170. The van der Waals surface area contributed by atoms with Gasteiger partial charge in [-0.3, -0.25) is 0 Å². The van der Waals surface area contributed by atoms with Gasteiger partial charge in [-0.2, -0.15) is 0 Å².